The lowest BCUT2D eigenvalue weighted by Gasteiger charge is -2.08. The van der Waals surface area contributed by atoms with Crippen LogP contribution >= 0.6 is 0 Å². The number of aromatic amines is 1. The number of ether oxygens (including phenoxy) is 1. The van der Waals surface area contributed by atoms with Crippen molar-refractivity contribution in [3.05, 3.63) is 41.2 Å². The van der Waals surface area contributed by atoms with Gasteiger partial charge in [-0.15, -0.1) is 0 Å². The monoisotopic (exact) mass is 245 g/mol. The van der Waals surface area contributed by atoms with Gasteiger partial charge < -0.3 is 10.1 Å². The molecule has 18 heavy (non-hydrogen) atoms. The molecule has 0 saturated carbocycles. The highest BCUT2D eigenvalue weighted by Crippen LogP contribution is 2.23. The summed E-state index contributed by atoms with van der Waals surface area (Å²) in [4.78, 5) is 12.1. The normalized spacial score (nSPS) is 10.2. The second kappa shape index (κ2) is 4.91. The van der Waals surface area contributed by atoms with Crippen LogP contribution in [0.1, 0.15) is 21.7 Å². The Morgan fingerprint density at radius 1 is 1.33 bits per heavy atom. The fraction of sp³-hybridized carbons (Fsp3) is 0.231. The summed E-state index contributed by atoms with van der Waals surface area (Å²) in [6.07, 6.45) is 0. The van der Waals surface area contributed by atoms with Gasteiger partial charge in [0.05, 0.1) is 12.8 Å². The number of hydrogen-bond acceptors (Lipinski definition) is 3. The summed E-state index contributed by atoms with van der Waals surface area (Å²) in [6.45, 7) is 3.73. The molecular formula is C13H15N3O2. The molecule has 2 rings (SSSR count). The number of carbonyl (C=O) groups is 1. The summed E-state index contributed by atoms with van der Waals surface area (Å²) >= 11 is 0. The minimum absolute atomic E-state index is 0.249. The Kier molecular flexibility index (Phi) is 3.32. The Morgan fingerprint density at radius 3 is 2.67 bits per heavy atom. The molecule has 0 unspecified atom stereocenters. The van der Waals surface area contributed by atoms with Crippen molar-refractivity contribution in [2.45, 2.75) is 13.8 Å². The zero-order valence-electron chi connectivity index (χ0n) is 10.6. The molecule has 1 aromatic heterocycles. The molecule has 0 aliphatic rings. The smallest absolute Gasteiger partial charge is 0.276 e. The van der Waals surface area contributed by atoms with E-state index in [0.29, 0.717) is 17.1 Å². The molecule has 5 heteroatoms. The van der Waals surface area contributed by atoms with Gasteiger partial charge in [-0.05, 0) is 26.0 Å². The van der Waals surface area contributed by atoms with Crippen molar-refractivity contribution in [3.8, 4) is 5.75 Å². The average molecular weight is 245 g/mol. The first-order chi connectivity index (χ1) is 8.63. The molecule has 0 radical (unpaired) electrons. The Labute approximate surface area is 105 Å². The number of anilines is 1. The summed E-state index contributed by atoms with van der Waals surface area (Å²) in [6, 6.07) is 7.25. The molecule has 0 aliphatic carbocycles. The lowest BCUT2D eigenvalue weighted by Crippen LogP contribution is -2.14. The molecule has 1 amide bonds. The van der Waals surface area contributed by atoms with Crippen LogP contribution in [0.15, 0.2) is 24.3 Å². The zero-order valence-corrected chi connectivity index (χ0v) is 10.6. The maximum absolute atomic E-state index is 12.1. The highest BCUT2D eigenvalue weighted by atomic mass is 16.5. The molecule has 5 nitrogen and oxygen atoms in total. The first kappa shape index (κ1) is 12.2. The quantitative estimate of drug-likeness (QED) is 0.871. The first-order valence-electron chi connectivity index (χ1n) is 5.59. The maximum atomic E-state index is 12.1. The van der Waals surface area contributed by atoms with Crippen LogP contribution in [-0.2, 0) is 0 Å². The summed E-state index contributed by atoms with van der Waals surface area (Å²) in [5, 5.41) is 9.56. The fourth-order valence-corrected chi connectivity index (χ4v) is 1.64. The number of methoxy groups -OCH3 is 1. The maximum Gasteiger partial charge on any atom is 0.276 e. The molecule has 0 saturated heterocycles. The number of nitrogens with one attached hydrogen (secondary N) is 2. The van der Waals surface area contributed by atoms with Crippen molar-refractivity contribution in [3.63, 3.8) is 0 Å². The molecular weight excluding hydrogens is 230 g/mol. The van der Waals surface area contributed by atoms with Gasteiger partial charge in [-0.1, -0.05) is 12.1 Å². The van der Waals surface area contributed by atoms with Crippen LogP contribution in [0.2, 0.25) is 0 Å². The van der Waals surface area contributed by atoms with Gasteiger partial charge in [0.15, 0.2) is 5.69 Å². The Bertz CT molecular complexity index is 575. The van der Waals surface area contributed by atoms with Gasteiger partial charge >= 0.3 is 0 Å². The lowest BCUT2D eigenvalue weighted by atomic mass is 10.2. The SMILES string of the molecule is COc1ccccc1NC(=O)c1n[nH]c(C)c1C. The van der Waals surface area contributed by atoms with Gasteiger partial charge in [-0.3, -0.25) is 9.89 Å². The minimum atomic E-state index is -0.249. The Morgan fingerprint density at radius 2 is 2.06 bits per heavy atom. The van der Waals surface area contributed by atoms with E-state index in [1.165, 1.54) is 0 Å². The first-order valence-corrected chi connectivity index (χ1v) is 5.59. The minimum Gasteiger partial charge on any atom is -0.495 e. The van der Waals surface area contributed by atoms with E-state index >= 15 is 0 Å². The van der Waals surface area contributed by atoms with Crippen molar-refractivity contribution in [1.29, 1.82) is 0 Å². The summed E-state index contributed by atoms with van der Waals surface area (Å²) in [5.41, 5.74) is 2.77. The predicted molar refractivity (Wildman–Crippen MR) is 69.0 cm³/mol. The van der Waals surface area contributed by atoms with Gasteiger partial charge in [-0.2, -0.15) is 5.10 Å². The van der Waals surface area contributed by atoms with E-state index in [1.807, 2.05) is 26.0 Å². The van der Waals surface area contributed by atoms with Crippen molar-refractivity contribution in [2.24, 2.45) is 0 Å². The van der Waals surface area contributed by atoms with Crippen LogP contribution in [0, 0.1) is 13.8 Å². The molecule has 0 fully saturated rings. The van der Waals surface area contributed by atoms with Crippen LogP contribution in [0.25, 0.3) is 0 Å². The van der Waals surface area contributed by atoms with E-state index in [4.69, 9.17) is 4.74 Å². The number of nitrogens with zero attached hydrogens (tertiary/aromatic N) is 1. The van der Waals surface area contributed by atoms with Crippen molar-refractivity contribution in [1.82, 2.24) is 10.2 Å². The molecule has 0 aliphatic heterocycles. The molecule has 1 heterocycles. The number of amides is 1. The van der Waals surface area contributed by atoms with Crippen LogP contribution in [0.4, 0.5) is 5.69 Å². The van der Waals surface area contributed by atoms with E-state index < -0.39 is 0 Å². The number of aryl methyl sites for hydroxylation is 1. The number of aromatic nitrogens is 2. The van der Waals surface area contributed by atoms with Crippen molar-refractivity contribution in [2.75, 3.05) is 12.4 Å². The van der Waals surface area contributed by atoms with E-state index in [9.17, 15) is 4.79 Å². The van der Waals surface area contributed by atoms with E-state index in [-0.39, 0.29) is 5.91 Å². The van der Waals surface area contributed by atoms with Gasteiger partial charge in [0.2, 0.25) is 0 Å². The van der Waals surface area contributed by atoms with Crippen LogP contribution in [-0.4, -0.2) is 23.2 Å². The molecule has 2 N–H and O–H groups in total. The second-order valence-corrected chi connectivity index (χ2v) is 3.98. The van der Waals surface area contributed by atoms with E-state index in [2.05, 4.69) is 15.5 Å². The van der Waals surface area contributed by atoms with E-state index in [1.54, 1.807) is 19.2 Å². The summed E-state index contributed by atoms with van der Waals surface area (Å²) in [7, 11) is 1.56. The standard InChI is InChI=1S/C13H15N3O2/c1-8-9(2)15-16-12(8)13(17)14-10-6-4-5-7-11(10)18-3/h4-7H,1-3H3,(H,14,17)(H,15,16). The molecule has 0 atom stereocenters. The highest BCUT2D eigenvalue weighted by molar-refractivity contribution is 6.04. The highest BCUT2D eigenvalue weighted by Gasteiger charge is 2.15. The number of hydrogen-bond donors (Lipinski definition) is 2. The van der Waals surface area contributed by atoms with Gasteiger partial charge in [-0.25, -0.2) is 0 Å². The van der Waals surface area contributed by atoms with Gasteiger partial charge in [0.1, 0.15) is 5.75 Å². The van der Waals surface area contributed by atoms with E-state index in [0.717, 1.165) is 11.3 Å². The number of H-pyrrole nitrogens is 1. The third-order valence-corrected chi connectivity index (χ3v) is 2.82. The van der Waals surface area contributed by atoms with Crippen LogP contribution in [0.3, 0.4) is 0 Å². The predicted octanol–water partition coefficient (Wildman–Crippen LogP) is 2.29. The largest absolute Gasteiger partial charge is 0.495 e. The van der Waals surface area contributed by atoms with Crippen LogP contribution in [0.5, 0.6) is 5.75 Å². The molecule has 1 aromatic carbocycles. The second-order valence-electron chi connectivity index (χ2n) is 3.98. The molecule has 94 valence electrons. The number of rotatable bonds is 3. The third-order valence-electron chi connectivity index (χ3n) is 2.82. The molecule has 0 bridgehead atoms. The average Bonchev–Trinajstić information content (AvgIpc) is 2.71. The van der Waals surface area contributed by atoms with Gasteiger partial charge in [0.25, 0.3) is 5.91 Å². The fourth-order valence-electron chi connectivity index (χ4n) is 1.64. The Hall–Kier alpha value is -2.30. The lowest BCUT2D eigenvalue weighted by molar-refractivity contribution is 0.102. The molecule has 2 aromatic rings. The topological polar surface area (TPSA) is 67.0 Å². The summed E-state index contributed by atoms with van der Waals surface area (Å²) < 4.78 is 5.17. The zero-order chi connectivity index (χ0) is 13.1. The number of benzene rings is 1. The van der Waals surface area contributed by atoms with Gasteiger partial charge in [0, 0.05) is 11.3 Å². The van der Waals surface area contributed by atoms with Crippen molar-refractivity contribution < 1.29 is 9.53 Å². The number of carbonyl (C=O) groups excluding carboxylic acids is 1. The third kappa shape index (κ3) is 2.20. The van der Waals surface area contributed by atoms with Crippen molar-refractivity contribution >= 4 is 11.6 Å². The molecule has 0 spiro atoms. The Balaban J connectivity index is 2.24. The van der Waals surface area contributed by atoms with Crippen LogP contribution < -0.4 is 10.1 Å². The number of para-hydroxylation sites is 2. The summed E-state index contributed by atoms with van der Waals surface area (Å²) in [5.74, 6) is 0.372.